The normalized spacial score (nSPS) is 15.8. The summed E-state index contributed by atoms with van der Waals surface area (Å²) >= 11 is 5.83. The monoisotopic (exact) mass is 298 g/mol. The number of amides is 1. The maximum absolute atomic E-state index is 12.1. The summed E-state index contributed by atoms with van der Waals surface area (Å²) in [4.78, 5) is 22.3. The molecule has 7 nitrogen and oxygen atoms in total. The lowest BCUT2D eigenvalue weighted by atomic mass is 10.1. The molecule has 108 valence electrons. The highest BCUT2D eigenvalue weighted by atomic mass is 35.5. The second kappa shape index (κ2) is 6.06. The molecule has 1 amide bonds. The lowest BCUT2D eigenvalue weighted by Gasteiger charge is -2.26. The fourth-order valence-corrected chi connectivity index (χ4v) is 2.31. The molecular weight excluding hydrogens is 284 g/mol. The summed E-state index contributed by atoms with van der Waals surface area (Å²) in [7, 11) is 0. The number of nitrogens with one attached hydrogen (secondary N) is 1. The van der Waals surface area contributed by atoms with Crippen LogP contribution in [0, 0.1) is 10.1 Å². The molecule has 8 heteroatoms. The van der Waals surface area contributed by atoms with E-state index < -0.39 is 10.8 Å². The minimum atomic E-state index is -0.654. The predicted molar refractivity (Wildman–Crippen MR) is 75.4 cm³/mol. The van der Waals surface area contributed by atoms with Crippen LogP contribution in [0.2, 0.25) is 5.02 Å². The zero-order valence-corrected chi connectivity index (χ0v) is 11.5. The molecule has 1 saturated heterocycles. The van der Waals surface area contributed by atoms with Crippen molar-refractivity contribution in [3.63, 3.8) is 0 Å². The van der Waals surface area contributed by atoms with Gasteiger partial charge in [-0.05, 0) is 18.9 Å². The summed E-state index contributed by atoms with van der Waals surface area (Å²) in [6, 6.07) is 2.48. The van der Waals surface area contributed by atoms with E-state index in [0.29, 0.717) is 0 Å². The van der Waals surface area contributed by atoms with Crippen LogP contribution in [0.5, 0.6) is 0 Å². The summed E-state index contributed by atoms with van der Waals surface area (Å²) < 4.78 is 0. The average molecular weight is 299 g/mol. The molecule has 0 atom stereocenters. The molecule has 0 aliphatic carbocycles. The summed E-state index contributed by atoms with van der Waals surface area (Å²) in [5.41, 5.74) is 7.87. The molecule has 3 N–H and O–H groups in total. The van der Waals surface area contributed by atoms with Gasteiger partial charge in [0.1, 0.15) is 5.69 Å². The first-order valence-electron chi connectivity index (χ1n) is 6.28. The first-order chi connectivity index (χ1) is 9.49. The van der Waals surface area contributed by atoms with Gasteiger partial charge in [-0.3, -0.25) is 20.3 Å². The van der Waals surface area contributed by atoms with E-state index >= 15 is 0 Å². The van der Waals surface area contributed by atoms with E-state index in [9.17, 15) is 14.9 Å². The van der Waals surface area contributed by atoms with Crippen molar-refractivity contribution in [1.82, 2.24) is 10.4 Å². The maximum Gasteiger partial charge on any atom is 0.294 e. The van der Waals surface area contributed by atoms with E-state index in [1.54, 1.807) is 0 Å². The third-order valence-electron chi connectivity index (χ3n) is 3.18. The lowest BCUT2D eigenvalue weighted by molar-refractivity contribution is -0.383. The maximum atomic E-state index is 12.1. The molecular formula is C12H15ClN4O3. The second-order valence-corrected chi connectivity index (χ2v) is 5.04. The number of nitro groups is 1. The fraction of sp³-hybridized carbons (Fsp3) is 0.417. The number of nitrogens with two attached hydrogens (primary N) is 1. The number of nitro benzene ring substituents is 1. The Morgan fingerprint density at radius 1 is 1.35 bits per heavy atom. The van der Waals surface area contributed by atoms with E-state index in [2.05, 4.69) is 5.43 Å². The number of halogens is 1. The quantitative estimate of drug-likeness (QED) is 0.504. The molecule has 1 aromatic carbocycles. The Hall–Kier alpha value is -1.86. The van der Waals surface area contributed by atoms with Crippen LogP contribution in [0.3, 0.4) is 0 Å². The summed E-state index contributed by atoms with van der Waals surface area (Å²) in [6.45, 7) is 1.55. The van der Waals surface area contributed by atoms with Gasteiger partial charge in [0.25, 0.3) is 11.6 Å². The third kappa shape index (κ3) is 3.17. The molecule has 0 aromatic heterocycles. The number of carbonyl (C=O) groups excluding carboxylic acids is 1. The topological polar surface area (TPSA) is 102 Å². The van der Waals surface area contributed by atoms with Crippen molar-refractivity contribution in [3.05, 3.63) is 32.8 Å². The summed E-state index contributed by atoms with van der Waals surface area (Å²) in [5.74, 6) is -0.420. The van der Waals surface area contributed by atoms with Crippen molar-refractivity contribution >= 4 is 28.9 Å². The van der Waals surface area contributed by atoms with Crippen LogP contribution < -0.4 is 11.2 Å². The number of nitrogen functional groups attached to an aromatic ring is 1. The molecule has 1 aliphatic rings. The number of hydrogen-bond acceptors (Lipinski definition) is 5. The van der Waals surface area contributed by atoms with Crippen molar-refractivity contribution in [2.24, 2.45) is 0 Å². The first kappa shape index (κ1) is 14.5. The predicted octanol–water partition coefficient (Wildman–Crippen LogP) is 1.96. The van der Waals surface area contributed by atoms with Gasteiger partial charge < -0.3 is 5.73 Å². The van der Waals surface area contributed by atoms with E-state index in [1.165, 1.54) is 6.07 Å². The second-order valence-electron chi connectivity index (χ2n) is 4.64. The van der Waals surface area contributed by atoms with Crippen molar-refractivity contribution < 1.29 is 9.72 Å². The number of nitrogens with zero attached hydrogens (tertiary/aromatic N) is 2. The zero-order chi connectivity index (χ0) is 14.7. The highest BCUT2D eigenvalue weighted by Gasteiger charge is 2.21. The Bertz CT molecular complexity index is 544. The van der Waals surface area contributed by atoms with Gasteiger partial charge in [-0.15, -0.1) is 0 Å². The van der Waals surface area contributed by atoms with Crippen LogP contribution in [0.25, 0.3) is 0 Å². The van der Waals surface area contributed by atoms with Crippen molar-refractivity contribution in [1.29, 1.82) is 0 Å². The number of hydrazine groups is 1. The Balaban J connectivity index is 2.19. The Morgan fingerprint density at radius 3 is 2.60 bits per heavy atom. The molecule has 0 bridgehead atoms. The van der Waals surface area contributed by atoms with Gasteiger partial charge in [-0.2, -0.15) is 0 Å². The highest BCUT2D eigenvalue weighted by Crippen LogP contribution is 2.30. The van der Waals surface area contributed by atoms with Crippen LogP contribution in [0.1, 0.15) is 29.6 Å². The largest absolute Gasteiger partial charge is 0.392 e. The lowest BCUT2D eigenvalue weighted by Crippen LogP contribution is -2.45. The standard InChI is InChI=1S/C12H15ClN4O3/c13-9-6-8(7-10(11(9)14)17(19)20)12(18)15-16-4-2-1-3-5-16/h6-7H,1-5,14H2,(H,15,18). The third-order valence-corrected chi connectivity index (χ3v) is 3.50. The number of piperidine rings is 1. The van der Waals surface area contributed by atoms with Crippen LogP contribution in [-0.4, -0.2) is 28.9 Å². The number of rotatable bonds is 3. The molecule has 2 rings (SSSR count). The Kier molecular flexibility index (Phi) is 4.41. The summed E-state index contributed by atoms with van der Waals surface area (Å²) in [5, 5.41) is 12.7. The molecule has 0 radical (unpaired) electrons. The molecule has 1 aliphatic heterocycles. The highest BCUT2D eigenvalue weighted by molar-refractivity contribution is 6.34. The van der Waals surface area contributed by atoms with Gasteiger partial charge >= 0.3 is 0 Å². The smallest absolute Gasteiger partial charge is 0.294 e. The van der Waals surface area contributed by atoms with E-state index in [1.807, 2.05) is 5.01 Å². The van der Waals surface area contributed by atoms with Gasteiger partial charge in [-0.1, -0.05) is 18.0 Å². The minimum absolute atomic E-state index is 0.00277. The molecule has 1 fully saturated rings. The average Bonchev–Trinajstić information content (AvgIpc) is 2.42. The number of benzene rings is 1. The summed E-state index contributed by atoms with van der Waals surface area (Å²) in [6.07, 6.45) is 3.18. The molecule has 1 heterocycles. The van der Waals surface area contributed by atoms with Gasteiger partial charge in [0, 0.05) is 24.7 Å². The number of anilines is 1. The number of carbonyl (C=O) groups is 1. The first-order valence-corrected chi connectivity index (χ1v) is 6.66. The SMILES string of the molecule is Nc1c(Cl)cc(C(=O)NN2CCCCC2)cc1[N+](=O)[O-]. The van der Waals surface area contributed by atoms with E-state index in [-0.39, 0.29) is 22.0 Å². The van der Waals surface area contributed by atoms with Gasteiger partial charge in [0.05, 0.1) is 9.95 Å². The molecule has 0 unspecified atom stereocenters. The Labute approximate surface area is 120 Å². The van der Waals surface area contributed by atoms with E-state index in [0.717, 1.165) is 38.4 Å². The van der Waals surface area contributed by atoms with Crippen LogP contribution >= 0.6 is 11.6 Å². The van der Waals surface area contributed by atoms with Gasteiger partial charge in [0.15, 0.2) is 0 Å². The molecule has 1 aromatic rings. The van der Waals surface area contributed by atoms with Gasteiger partial charge in [-0.25, -0.2) is 5.01 Å². The molecule has 0 saturated carbocycles. The van der Waals surface area contributed by atoms with Gasteiger partial charge in [0.2, 0.25) is 0 Å². The van der Waals surface area contributed by atoms with Crippen LogP contribution in [-0.2, 0) is 0 Å². The van der Waals surface area contributed by atoms with Crippen molar-refractivity contribution in [2.45, 2.75) is 19.3 Å². The van der Waals surface area contributed by atoms with Crippen molar-refractivity contribution in [2.75, 3.05) is 18.8 Å². The minimum Gasteiger partial charge on any atom is -0.392 e. The fourth-order valence-electron chi connectivity index (χ4n) is 2.10. The van der Waals surface area contributed by atoms with Crippen molar-refractivity contribution in [3.8, 4) is 0 Å². The van der Waals surface area contributed by atoms with Crippen LogP contribution in [0.4, 0.5) is 11.4 Å². The molecule has 20 heavy (non-hydrogen) atoms. The van der Waals surface area contributed by atoms with E-state index in [4.69, 9.17) is 17.3 Å². The number of hydrogen-bond donors (Lipinski definition) is 2. The molecule has 0 spiro atoms. The van der Waals surface area contributed by atoms with Crippen LogP contribution in [0.15, 0.2) is 12.1 Å². The zero-order valence-electron chi connectivity index (χ0n) is 10.8. The Morgan fingerprint density at radius 2 is 2.00 bits per heavy atom.